The van der Waals surface area contributed by atoms with Crippen LogP contribution in [0.4, 0.5) is 8.78 Å². The van der Waals surface area contributed by atoms with Crippen LogP contribution in [-0.2, 0) is 0 Å². The van der Waals surface area contributed by atoms with Gasteiger partial charge >= 0.3 is 0 Å². The van der Waals surface area contributed by atoms with E-state index < -0.39 is 11.6 Å². The summed E-state index contributed by atoms with van der Waals surface area (Å²) in [6.45, 7) is 0. The van der Waals surface area contributed by atoms with Gasteiger partial charge in [-0.05, 0) is 29.8 Å². The SMILES string of the molecule is Fc1ccc(F)c(-c2nnc3sc(C=Cc4ccccc4)nn23)c1. The molecule has 2 aromatic heterocycles. The van der Waals surface area contributed by atoms with Gasteiger partial charge in [0.2, 0.25) is 4.96 Å². The van der Waals surface area contributed by atoms with E-state index in [1.165, 1.54) is 15.9 Å². The number of aromatic nitrogens is 4. The molecule has 0 unspecified atom stereocenters. The molecule has 0 fully saturated rings. The van der Waals surface area contributed by atoms with E-state index >= 15 is 0 Å². The Kier molecular flexibility index (Phi) is 3.62. The highest BCUT2D eigenvalue weighted by Crippen LogP contribution is 2.25. The van der Waals surface area contributed by atoms with Crippen molar-refractivity contribution in [2.75, 3.05) is 0 Å². The first kappa shape index (κ1) is 14.6. The van der Waals surface area contributed by atoms with Crippen molar-refractivity contribution in [1.82, 2.24) is 19.8 Å². The molecule has 4 rings (SSSR count). The molecule has 0 aliphatic rings. The van der Waals surface area contributed by atoms with Gasteiger partial charge in [0.05, 0.1) is 5.56 Å². The second kappa shape index (κ2) is 5.93. The quantitative estimate of drug-likeness (QED) is 0.558. The van der Waals surface area contributed by atoms with Crippen LogP contribution < -0.4 is 0 Å². The minimum absolute atomic E-state index is 0.0337. The van der Waals surface area contributed by atoms with Crippen LogP contribution in [0.5, 0.6) is 0 Å². The Morgan fingerprint density at radius 2 is 1.79 bits per heavy atom. The first-order valence-electron chi connectivity index (χ1n) is 7.11. The Hall–Kier alpha value is -2.93. The van der Waals surface area contributed by atoms with E-state index in [1.807, 2.05) is 42.5 Å². The zero-order valence-corrected chi connectivity index (χ0v) is 13.0. The molecule has 0 radical (unpaired) electrons. The molecular weight excluding hydrogens is 330 g/mol. The summed E-state index contributed by atoms with van der Waals surface area (Å²) in [4.78, 5) is 0.515. The summed E-state index contributed by atoms with van der Waals surface area (Å²) in [6.07, 6.45) is 3.77. The summed E-state index contributed by atoms with van der Waals surface area (Å²) in [5.41, 5.74) is 1.08. The molecule has 0 N–H and O–H groups in total. The standard InChI is InChI=1S/C17H10F2N4S/c18-12-7-8-14(19)13(10-12)16-20-21-17-23(16)22-15(24-17)9-6-11-4-2-1-3-5-11/h1-10H. The van der Waals surface area contributed by atoms with Crippen molar-refractivity contribution in [1.29, 1.82) is 0 Å². The first-order valence-corrected chi connectivity index (χ1v) is 7.93. The number of benzene rings is 2. The third-order valence-corrected chi connectivity index (χ3v) is 4.26. The van der Waals surface area contributed by atoms with E-state index in [0.717, 1.165) is 23.8 Å². The highest BCUT2D eigenvalue weighted by molar-refractivity contribution is 7.17. The molecule has 118 valence electrons. The third kappa shape index (κ3) is 2.69. The fourth-order valence-corrected chi connectivity index (χ4v) is 3.01. The Morgan fingerprint density at radius 1 is 0.958 bits per heavy atom. The van der Waals surface area contributed by atoms with Crippen LogP contribution in [0.25, 0.3) is 28.5 Å². The van der Waals surface area contributed by atoms with E-state index in [9.17, 15) is 8.78 Å². The second-order valence-corrected chi connectivity index (χ2v) is 6.01. The van der Waals surface area contributed by atoms with Gasteiger partial charge in [0.15, 0.2) is 5.82 Å². The fraction of sp³-hybridized carbons (Fsp3) is 0. The van der Waals surface area contributed by atoms with Crippen LogP contribution >= 0.6 is 11.3 Å². The Morgan fingerprint density at radius 3 is 2.62 bits per heavy atom. The molecule has 0 amide bonds. The lowest BCUT2D eigenvalue weighted by atomic mass is 10.2. The van der Waals surface area contributed by atoms with Crippen molar-refractivity contribution in [3.8, 4) is 11.4 Å². The number of halogens is 2. The molecule has 0 saturated heterocycles. The van der Waals surface area contributed by atoms with Gasteiger partial charge in [-0.3, -0.25) is 0 Å². The van der Waals surface area contributed by atoms with E-state index in [2.05, 4.69) is 15.3 Å². The molecule has 24 heavy (non-hydrogen) atoms. The van der Waals surface area contributed by atoms with Gasteiger partial charge in [-0.15, -0.1) is 10.2 Å². The molecule has 0 atom stereocenters. The molecule has 4 nitrogen and oxygen atoms in total. The highest BCUT2D eigenvalue weighted by atomic mass is 32.1. The number of hydrogen-bond acceptors (Lipinski definition) is 4. The lowest BCUT2D eigenvalue weighted by Crippen LogP contribution is -1.94. The van der Waals surface area contributed by atoms with E-state index in [4.69, 9.17) is 0 Å². The van der Waals surface area contributed by atoms with E-state index in [-0.39, 0.29) is 11.4 Å². The van der Waals surface area contributed by atoms with Crippen molar-refractivity contribution in [3.63, 3.8) is 0 Å². The zero-order valence-electron chi connectivity index (χ0n) is 12.2. The molecule has 0 aliphatic carbocycles. The summed E-state index contributed by atoms with van der Waals surface area (Å²) in [6, 6.07) is 13.0. The summed E-state index contributed by atoms with van der Waals surface area (Å²) < 4.78 is 28.8. The number of hydrogen-bond donors (Lipinski definition) is 0. The Labute approximate surface area is 139 Å². The average Bonchev–Trinajstić information content (AvgIpc) is 3.16. The summed E-state index contributed by atoms with van der Waals surface area (Å²) in [5, 5.41) is 13.0. The van der Waals surface area contributed by atoms with Gasteiger partial charge in [0, 0.05) is 0 Å². The van der Waals surface area contributed by atoms with Crippen molar-refractivity contribution >= 4 is 28.4 Å². The molecule has 0 bridgehead atoms. The molecule has 0 saturated carbocycles. The van der Waals surface area contributed by atoms with E-state index in [0.29, 0.717) is 9.97 Å². The van der Waals surface area contributed by atoms with Crippen LogP contribution in [0.3, 0.4) is 0 Å². The largest absolute Gasteiger partial charge is 0.235 e. The van der Waals surface area contributed by atoms with Gasteiger partial charge in [0.25, 0.3) is 0 Å². The Bertz CT molecular complexity index is 1040. The average molecular weight is 340 g/mol. The number of rotatable bonds is 3. The topological polar surface area (TPSA) is 43.1 Å². The maximum atomic E-state index is 14.0. The minimum Gasteiger partial charge on any atom is -0.207 e. The smallest absolute Gasteiger partial charge is 0.207 e. The van der Waals surface area contributed by atoms with Crippen LogP contribution in [0.2, 0.25) is 0 Å². The molecule has 4 aromatic rings. The zero-order chi connectivity index (χ0) is 16.5. The van der Waals surface area contributed by atoms with Crippen LogP contribution in [0, 0.1) is 11.6 Å². The van der Waals surface area contributed by atoms with Crippen LogP contribution in [0.15, 0.2) is 48.5 Å². The molecule has 0 aliphatic heterocycles. The van der Waals surface area contributed by atoms with Gasteiger partial charge < -0.3 is 0 Å². The van der Waals surface area contributed by atoms with Gasteiger partial charge in [0.1, 0.15) is 16.6 Å². The molecular formula is C17H10F2N4S. The summed E-state index contributed by atoms with van der Waals surface area (Å²) in [7, 11) is 0. The van der Waals surface area contributed by atoms with Gasteiger partial charge in [-0.1, -0.05) is 47.7 Å². The number of fused-ring (bicyclic) bond motifs is 1. The van der Waals surface area contributed by atoms with Crippen LogP contribution in [0.1, 0.15) is 10.6 Å². The minimum atomic E-state index is -0.569. The molecule has 7 heteroatoms. The summed E-state index contributed by atoms with van der Waals surface area (Å²) in [5.74, 6) is -0.930. The molecule has 2 heterocycles. The normalized spacial score (nSPS) is 11.6. The van der Waals surface area contributed by atoms with Gasteiger partial charge in [-0.2, -0.15) is 9.61 Å². The maximum absolute atomic E-state index is 14.0. The monoisotopic (exact) mass is 340 g/mol. The van der Waals surface area contributed by atoms with Gasteiger partial charge in [-0.25, -0.2) is 8.78 Å². The van der Waals surface area contributed by atoms with Crippen molar-refractivity contribution in [2.24, 2.45) is 0 Å². The van der Waals surface area contributed by atoms with Crippen molar-refractivity contribution in [3.05, 3.63) is 70.7 Å². The lowest BCUT2D eigenvalue weighted by Gasteiger charge is -1.99. The first-order chi connectivity index (χ1) is 11.7. The Balaban J connectivity index is 1.74. The molecule has 2 aromatic carbocycles. The number of nitrogens with zero attached hydrogens (tertiary/aromatic N) is 4. The second-order valence-electron chi connectivity index (χ2n) is 5.03. The lowest BCUT2D eigenvalue weighted by molar-refractivity contribution is 0.601. The summed E-state index contributed by atoms with van der Waals surface area (Å²) >= 11 is 1.32. The van der Waals surface area contributed by atoms with Crippen molar-refractivity contribution in [2.45, 2.75) is 0 Å². The fourth-order valence-electron chi connectivity index (χ4n) is 2.27. The molecule has 0 spiro atoms. The van der Waals surface area contributed by atoms with Crippen LogP contribution in [-0.4, -0.2) is 19.8 Å². The van der Waals surface area contributed by atoms with Crippen molar-refractivity contribution < 1.29 is 8.78 Å². The van der Waals surface area contributed by atoms with E-state index in [1.54, 1.807) is 0 Å². The predicted molar refractivity (Wildman–Crippen MR) is 89.4 cm³/mol. The predicted octanol–water partition coefficient (Wildman–Crippen LogP) is 4.30. The third-order valence-electron chi connectivity index (χ3n) is 3.39. The highest BCUT2D eigenvalue weighted by Gasteiger charge is 2.16. The maximum Gasteiger partial charge on any atom is 0.235 e.